The Labute approximate surface area is 83.8 Å². The Morgan fingerprint density at radius 1 is 1.71 bits per heavy atom. The van der Waals surface area contributed by atoms with Crippen LogP contribution in [-0.4, -0.2) is 43.0 Å². The Morgan fingerprint density at radius 2 is 2.50 bits per heavy atom. The van der Waals surface area contributed by atoms with Crippen molar-refractivity contribution in [1.29, 1.82) is 0 Å². The molecule has 1 fully saturated rings. The lowest BCUT2D eigenvalue weighted by atomic mass is 10.2. The van der Waals surface area contributed by atoms with Crippen molar-refractivity contribution in [2.24, 2.45) is 0 Å². The Kier molecular flexibility index (Phi) is 4.69. The molecule has 1 rings (SSSR count). The number of hydrogen-bond donors (Lipinski definition) is 3. The van der Waals surface area contributed by atoms with Crippen LogP contribution in [0.15, 0.2) is 0 Å². The highest BCUT2D eigenvalue weighted by Crippen LogP contribution is 2.02. The second-order valence-electron chi connectivity index (χ2n) is 3.59. The molecule has 0 aromatic carbocycles. The maximum absolute atomic E-state index is 11.3. The average molecular weight is 202 g/mol. The molecule has 2 amide bonds. The van der Waals surface area contributed by atoms with Crippen LogP contribution in [0.3, 0.4) is 0 Å². The van der Waals surface area contributed by atoms with Gasteiger partial charge in [0, 0.05) is 19.3 Å². The fourth-order valence-corrected chi connectivity index (χ4v) is 1.37. The Morgan fingerprint density at radius 3 is 3.07 bits per heavy atom. The van der Waals surface area contributed by atoms with Crippen LogP contribution in [0, 0.1) is 0 Å². The third-order valence-electron chi connectivity index (χ3n) is 2.20. The highest BCUT2D eigenvalue weighted by Gasteiger charge is 2.18. The summed E-state index contributed by atoms with van der Waals surface area (Å²) in [4.78, 5) is 11.3. The molecule has 0 spiro atoms. The van der Waals surface area contributed by atoms with Gasteiger partial charge in [0.25, 0.3) is 0 Å². The van der Waals surface area contributed by atoms with Crippen LogP contribution in [-0.2, 0) is 4.74 Å². The molecule has 2 atom stereocenters. The van der Waals surface area contributed by atoms with E-state index < -0.39 is 0 Å². The summed E-state index contributed by atoms with van der Waals surface area (Å²) in [5.41, 5.74) is 0. The van der Waals surface area contributed by atoms with E-state index in [1.54, 1.807) is 0 Å². The molecule has 1 aliphatic rings. The van der Waals surface area contributed by atoms with Gasteiger partial charge in [0.15, 0.2) is 0 Å². The largest absolute Gasteiger partial charge is 0.396 e. The number of carbonyl (C=O) groups is 1. The van der Waals surface area contributed by atoms with E-state index in [0.29, 0.717) is 13.0 Å². The van der Waals surface area contributed by atoms with Crippen molar-refractivity contribution >= 4 is 6.03 Å². The quantitative estimate of drug-likeness (QED) is 0.593. The minimum Gasteiger partial charge on any atom is -0.396 e. The fourth-order valence-electron chi connectivity index (χ4n) is 1.37. The van der Waals surface area contributed by atoms with Gasteiger partial charge < -0.3 is 20.5 Å². The van der Waals surface area contributed by atoms with E-state index >= 15 is 0 Å². The van der Waals surface area contributed by atoms with Gasteiger partial charge in [0.2, 0.25) is 0 Å². The predicted molar refractivity (Wildman–Crippen MR) is 52.1 cm³/mol. The van der Waals surface area contributed by atoms with Crippen LogP contribution in [0.2, 0.25) is 0 Å². The molecule has 0 saturated carbocycles. The Bertz CT molecular complexity index is 181. The lowest BCUT2D eigenvalue weighted by Gasteiger charge is -2.15. The van der Waals surface area contributed by atoms with Crippen LogP contribution < -0.4 is 10.6 Å². The molecule has 0 aromatic rings. The number of carbonyl (C=O) groups excluding carboxylic acids is 1. The Hall–Kier alpha value is -0.810. The minimum absolute atomic E-state index is 0.00215. The van der Waals surface area contributed by atoms with Gasteiger partial charge in [0.05, 0.1) is 12.6 Å². The van der Waals surface area contributed by atoms with E-state index in [9.17, 15) is 4.79 Å². The van der Waals surface area contributed by atoms with Gasteiger partial charge in [-0.05, 0) is 19.8 Å². The first kappa shape index (κ1) is 11.3. The zero-order valence-corrected chi connectivity index (χ0v) is 8.45. The molecule has 1 aliphatic heterocycles. The summed E-state index contributed by atoms with van der Waals surface area (Å²) >= 11 is 0. The van der Waals surface area contributed by atoms with Crippen molar-refractivity contribution in [3.05, 3.63) is 0 Å². The van der Waals surface area contributed by atoms with Crippen molar-refractivity contribution in [2.45, 2.75) is 31.8 Å². The van der Waals surface area contributed by atoms with E-state index in [-0.39, 0.29) is 24.7 Å². The molecule has 5 nitrogen and oxygen atoms in total. The fraction of sp³-hybridized carbons (Fsp3) is 0.889. The molecule has 3 N–H and O–H groups in total. The van der Waals surface area contributed by atoms with E-state index in [1.807, 2.05) is 6.92 Å². The van der Waals surface area contributed by atoms with Gasteiger partial charge in [-0.3, -0.25) is 0 Å². The minimum atomic E-state index is -0.179. The number of aliphatic hydroxyl groups excluding tert-OH is 1. The molecular weight excluding hydrogens is 184 g/mol. The van der Waals surface area contributed by atoms with Crippen molar-refractivity contribution in [1.82, 2.24) is 10.6 Å². The molecule has 1 heterocycles. The second kappa shape index (κ2) is 5.82. The first-order chi connectivity index (χ1) is 6.72. The van der Waals surface area contributed by atoms with Gasteiger partial charge >= 0.3 is 6.03 Å². The zero-order valence-electron chi connectivity index (χ0n) is 8.45. The molecule has 0 aliphatic carbocycles. The number of hydrogen-bond acceptors (Lipinski definition) is 3. The van der Waals surface area contributed by atoms with E-state index in [4.69, 9.17) is 9.84 Å². The number of nitrogens with one attached hydrogen (secondary N) is 2. The van der Waals surface area contributed by atoms with Crippen molar-refractivity contribution in [2.75, 3.05) is 19.8 Å². The van der Waals surface area contributed by atoms with Crippen molar-refractivity contribution in [3.8, 4) is 0 Å². The summed E-state index contributed by atoms with van der Waals surface area (Å²) in [6.45, 7) is 3.27. The summed E-state index contributed by atoms with van der Waals surface area (Å²) in [7, 11) is 0. The number of ether oxygens (including phenoxy) is 1. The maximum atomic E-state index is 11.3. The van der Waals surface area contributed by atoms with Crippen LogP contribution >= 0.6 is 0 Å². The summed E-state index contributed by atoms with van der Waals surface area (Å²) < 4.78 is 5.13. The number of aliphatic hydroxyl groups is 1. The number of rotatable bonds is 4. The van der Waals surface area contributed by atoms with E-state index in [0.717, 1.165) is 13.0 Å². The predicted octanol–water partition coefficient (Wildman–Crippen LogP) is -0.155. The molecule has 0 bridgehead atoms. The summed E-state index contributed by atoms with van der Waals surface area (Å²) in [5, 5.41) is 14.2. The maximum Gasteiger partial charge on any atom is 0.315 e. The molecule has 82 valence electrons. The smallest absolute Gasteiger partial charge is 0.315 e. The van der Waals surface area contributed by atoms with Gasteiger partial charge in [0.1, 0.15) is 0 Å². The van der Waals surface area contributed by atoms with E-state index in [1.165, 1.54) is 0 Å². The summed E-state index contributed by atoms with van der Waals surface area (Å²) in [6, 6.07) is -0.0416. The van der Waals surface area contributed by atoms with Gasteiger partial charge in [-0.2, -0.15) is 0 Å². The van der Waals surface area contributed by atoms with Gasteiger partial charge in [-0.1, -0.05) is 0 Å². The number of amides is 2. The second-order valence-corrected chi connectivity index (χ2v) is 3.59. The SMILES string of the molecule is CC(CCO)NC(=O)NC1CCOC1. The molecule has 5 heteroatoms. The van der Waals surface area contributed by atoms with Crippen LogP contribution in [0.1, 0.15) is 19.8 Å². The monoisotopic (exact) mass is 202 g/mol. The van der Waals surface area contributed by atoms with Gasteiger partial charge in [-0.15, -0.1) is 0 Å². The molecular formula is C9H18N2O3. The summed E-state index contributed by atoms with van der Waals surface area (Å²) in [6.07, 6.45) is 1.45. The third kappa shape index (κ3) is 3.93. The lowest BCUT2D eigenvalue weighted by molar-refractivity contribution is 0.187. The standard InChI is InChI=1S/C9H18N2O3/c1-7(2-4-12)10-9(13)11-8-3-5-14-6-8/h7-8,12H,2-6H2,1H3,(H2,10,11,13). The van der Waals surface area contributed by atoms with Crippen molar-refractivity contribution < 1.29 is 14.6 Å². The van der Waals surface area contributed by atoms with Crippen LogP contribution in [0.5, 0.6) is 0 Å². The first-order valence-corrected chi connectivity index (χ1v) is 4.98. The summed E-state index contributed by atoms with van der Waals surface area (Å²) in [5.74, 6) is 0. The molecule has 0 aromatic heterocycles. The zero-order chi connectivity index (χ0) is 10.4. The van der Waals surface area contributed by atoms with Crippen LogP contribution in [0.4, 0.5) is 4.79 Å². The first-order valence-electron chi connectivity index (χ1n) is 4.98. The molecule has 14 heavy (non-hydrogen) atoms. The molecule has 1 saturated heterocycles. The Balaban J connectivity index is 2.14. The highest BCUT2D eigenvalue weighted by molar-refractivity contribution is 5.74. The van der Waals surface area contributed by atoms with Crippen molar-refractivity contribution in [3.63, 3.8) is 0 Å². The highest BCUT2D eigenvalue weighted by atomic mass is 16.5. The lowest BCUT2D eigenvalue weighted by Crippen LogP contribution is -2.45. The van der Waals surface area contributed by atoms with Crippen LogP contribution in [0.25, 0.3) is 0 Å². The molecule has 0 radical (unpaired) electrons. The topological polar surface area (TPSA) is 70.6 Å². The normalized spacial score (nSPS) is 23.1. The third-order valence-corrected chi connectivity index (χ3v) is 2.20. The molecule has 2 unspecified atom stereocenters. The average Bonchev–Trinajstić information content (AvgIpc) is 2.56. The number of urea groups is 1. The van der Waals surface area contributed by atoms with Gasteiger partial charge in [-0.25, -0.2) is 4.79 Å². The van der Waals surface area contributed by atoms with E-state index in [2.05, 4.69) is 10.6 Å².